The van der Waals surface area contributed by atoms with Crippen molar-refractivity contribution in [3.63, 3.8) is 0 Å². The smallest absolute Gasteiger partial charge is 0.278 e. The second-order valence-electron chi connectivity index (χ2n) is 6.53. The lowest BCUT2D eigenvalue weighted by atomic mass is 10.2. The molecule has 20 heavy (non-hydrogen) atoms. The van der Waals surface area contributed by atoms with E-state index in [4.69, 9.17) is 13.7 Å². The molecule has 0 N–H and O–H groups in total. The van der Waals surface area contributed by atoms with Crippen LogP contribution >= 0.6 is 0 Å². The second kappa shape index (κ2) is 6.45. The Bertz CT molecular complexity index is 476. The Hall–Kier alpha value is -1.28. The van der Waals surface area contributed by atoms with Crippen LogP contribution in [0.25, 0.3) is 0 Å². The SMILES string of the molecule is COc1cccc(C=NO[Si](C)(C)C)c1O[Si](C)(C)C. The van der Waals surface area contributed by atoms with Gasteiger partial charge in [0.2, 0.25) is 8.32 Å². The first-order chi connectivity index (χ1) is 9.12. The molecular formula is C14H25NO3Si2. The highest BCUT2D eigenvalue weighted by atomic mass is 28.4. The molecule has 0 saturated carbocycles. The van der Waals surface area contributed by atoms with Crippen molar-refractivity contribution >= 4 is 22.8 Å². The summed E-state index contributed by atoms with van der Waals surface area (Å²) in [5.41, 5.74) is 0.880. The van der Waals surface area contributed by atoms with Crippen molar-refractivity contribution in [2.45, 2.75) is 39.3 Å². The Morgan fingerprint density at radius 3 is 2.15 bits per heavy atom. The van der Waals surface area contributed by atoms with Crippen LogP contribution in [0.1, 0.15) is 5.56 Å². The summed E-state index contributed by atoms with van der Waals surface area (Å²) in [6.45, 7) is 12.7. The van der Waals surface area contributed by atoms with Crippen LogP contribution in [0.15, 0.2) is 23.4 Å². The van der Waals surface area contributed by atoms with Gasteiger partial charge < -0.3 is 13.7 Å². The van der Waals surface area contributed by atoms with Gasteiger partial charge in [0, 0.05) is 5.56 Å². The second-order valence-corrected chi connectivity index (χ2v) is 15.4. The number of rotatable bonds is 6. The van der Waals surface area contributed by atoms with Gasteiger partial charge in [-0.2, -0.15) is 0 Å². The monoisotopic (exact) mass is 311 g/mol. The average molecular weight is 312 g/mol. The van der Waals surface area contributed by atoms with Crippen molar-refractivity contribution < 1.29 is 13.7 Å². The van der Waals surface area contributed by atoms with E-state index < -0.39 is 16.6 Å². The summed E-state index contributed by atoms with van der Waals surface area (Å²) in [5, 5.41) is 4.10. The predicted molar refractivity (Wildman–Crippen MR) is 89.0 cm³/mol. The molecule has 0 bridgehead atoms. The van der Waals surface area contributed by atoms with E-state index in [1.165, 1.54) is 0 Å². The fraction of sp³-hybridized carbons (Fsp3) is 0.500. The lowest BCUT2D eigenvalue weighted by molar-refractivity contribution is 0.337. The van der Waals surface area contributed by atoms with Crippen molar-refractivity contribution in [3.8, 4) is 11.5 Å². The maximum Gasteiger partial charge on any atom is 0.278 e. The predicted octanol–water partition coefficient (Wildman–Crippen LogP) is 4.09. The molecule has 0 saturated heterocycles. The van der Waals surface area contributed by atoms with Crippen LogP contribution in [-0.2, 0) is 4.53 Å². The molecule has 112 valence electrons. The van der Waals surface area contributed by atoms with Crippen LogP contribution in [0.5, 0.6) is 11.5 Å². The first kappa shape index (κ1) is 16.8. The summed E-state index contributed by atoms with van der Waals surface area (Å²) < 4.78 is 17.0. The van der Waals surface area contributed by atoms with Gasteiger partial charge in [0.15, 0.2) is 11.5 Å². The summed E-state index contributed by atoms with van der Waals surface area (Å²) in [4.78, 5) is 0. The molecule has 0 unspecified atom stereocenters. The quantitative estimate of drug-likeness (QED) is 0.451. The molecule has 0 radical (unpaired) electrons. The molecule has 0 atom stereocenters. The van der Waals surface area contributed by atoms with Crippen LogP contribution in [-0.4, -0.2) is 30.0 Å². The minimum absolute atomic E-state index is 0.726. The van der Waals surface area contributed by atoms with E-state index in [1.54, 1.807) is 13.3 Å². The van der Waals surface area contributed by atoms with Gasteiger partial charge in [0.25, 0.3) is 8.32 Å². The topological polar surface area (TPSA) is 40.0 Å². The molecule has 6 heteroatoms. The van der Waals surface area contributed by atoms with E-state index >= 15 is 0 Å². The van der Waals surface area contributed by atoms with Crippen molar-refractivity contribution in [1.29, 1.82) is 0 Å². The summed E-state index contributed by atoms with van der Waals surface area (Å²) in [6, 6.07) is 5.77. The van der Waals surface area contributed by atoms with Gasteiger partial charge in [-0.3, -0.25) is 0 Å². The number of nitrogens with zero attached hydrogens (tertiary/aromatic N) is 1. The van der Waals surface area contributed by atoms with Gasteiger partial charge in [0.05, 0.1) is 13.3 Å². The Morgan fingerprint density at radius 2 is 1.65 bits per heavy atom. The largest absolute Gasteiger partial charge is 0.541 e. The number of oxime groups is 1. The van der Waals surface area contributed by atoms with Crippen molar-refractivity contribution in [3.05, 3.63) is 23.8 Å². The van der Waals surface area contributed by atoms with Gasteiger partial charge in [-0.25, -0.2) is 0 Å². The number of para-hydroxylation sites is 1. The summed E-state index contributed by atoms with van der Waals surface area (Å²) in [5.74, 6) is 1.47. The van der Waals surface area contributed by atoms with Crippen LogP contribution in [0, 0.1) is 0 Å². The zero-order chi connectivity index (χ0) is 15.4. The lowest BCUT2D eigenvalue weighted by Crippen LogP contribution is -2.30. The molecule has 0 fully saturated rings. The highest BCUT2D eigenvalue weighted by Gasteiger charge is 2.21. The van der Waals surface area contributed by atoms with Gasteiger partial charge in [-0.05, 0) is 51.4 Å². The standard InChI is InChI=1S/C14H25NO3Si2/c1-16-13-10-8-9-12(11-15-18-20(5,6)7)14(13)17-19(2,3)4/h8-11H,1-7H3. The average Bonchev–Trinajstić information content (AvgIpc) is 2.27. The Balaban J connectivity index is 3.06. The van der Waals surface area contributed by atoms with Crippen LogP contribution in [0.4, 0.5) is 0 Å². The molecular weight excluding hydrogens is 286 g/mol. The Morgan fingerprint density at radius 1 is 1.00 bits per heavy atom. The Labute approximate surface area is 124 Å². The van der Waals surface area contributed by atoms with Gasteiger partial charge >= 0.3 is 0 Å². The number of hydrogen-bond donors (Lipinski definition) is 0. The molecule has 1 aromatic carbocycles. The molecule has 1 aromatic rings. The van der Waals surface area contributed by atoms with Crippen LogP contribution < -0.4 is 9.16 Å². The van der Waals surface area contributed by atoms with E-state index in [2.05, 4.69) is 44.4 Å². The molecule has 0 aliphatic carbocycles. The van der Waals surface area contributed by atoms with E-state index in [1.807, 2.05) is 18.2 Å². The third kappa shape index (κ3) is 5.79. The summed E-state index contributed by atoms with van der Waals surface area (Å²) in [7, 11) is -1.74. The van der Waals surface area contributed by atoms with E-state index in [0.29, 0.717) is 0 Å². The highest BCUT2D eigenvalue weighted by molar-refractivity contribution is 6.70. The first-order valence-corrected chi connectivity index (χ1v) is 13.5. The van der Waals surface area contributed by atoms with E-state index in [0.717, 1.165) is 17.1 Å². The fourth-order valence-corrected chi connectivity index (χ4v) is 2.65. The number of ether oxygens (including phenoxy) is 1. The van der Waals surface area contributed by atoms with Crippen LogP contribution in [0.3, 0.4) is 0 Å². The minimum atomic E-state index is -1.73. The van der Waals surface area contributed by atoms with Gasteiger partial charge in [-0.1, -0.05) is 6.07 Å². The minimum Gasteiger partial charge on any atom is -0.541 e. The third-order valence-corrected chi connectivity index (χ3v) is 3.63. The highest BCUT2D eigenvalue weighted by Crippen LogP contribution is 2.32. The Kier molecular flexibility index (Phi) is 5.41. The van der Waals surface area contributed by atoms with E-state index in [9.17, 15) is 0 Å². The third-order valence-electron chi connectivity index (χ3n) is 2.16. The molecule has 0 spiro atoms. The number of benzene rings is 1. The lowest BCUT2D eigenvalue weighted by Gasteiger charge is -2.22. The molecule has 1 rings (SSSR count). The zero-order valence-electron chi connectivity index (χ0n) is 13.5. The van der Waals surface area contributed by atoms with Crippen LogP contribution in [0.2, 0.25) is 39.3 Å². The van der Waals surface area contributed by atoms with Gasteiger partial charge in [-0.15, -0.1) is 5.16 Å². The zero-order valence-corrected chi connectivity index (χ0v) is 15.5. The number of hydrogen-bond acceptors (Lipinski definition) is 4. The number of methoxy groups -OCH3 is 1. The molecule has 0 amide bonds. The van der Waals surface area contributed by atoms with Crippen molar-refractivity contribution in [2.75, 3.05) is 7.11 Å². The van der Waals surface area contributed by atoms with Gasteiger partial charge in [0.1, 0.15) is 0 Å². The molecule has 0 aliphatic rings. The normalized spacial score (nSPS) is 12.6. The molecule has 0 aliphatic heterocycles. The first-order valence-electron chi connectivity index (χ1n) is 6.70. The van der Waals surface area contributed by atoms with Crippen molar-refractivity contribution in [1.82, 2.24) is 0 Å². The van der Waals surface area contributed by atoms with Crippen molar-refractivity contribution in [2.24, 2.45) is 5.16 Å². The maximum absolute atomic E-state index is 6.12. The molecule has 0 heterocycles. The summed E-state index contributed by atoms with van der Waals surface area (Å²) >= 11 is 0. The fourth-order valence-electron chi connectivity index (χ4n) is 1.45. The molecule has 4 nitrogen and oxygen atoms in total. The maximum atomic E-state index is 6.12. The molecule has 0 aromatic heterocycles. The summed E-state index contributed by atoms with van der Waals surface area (Å²) in [6.07, 6.45) is 1.70. The van der Waals surface area contributed by atoms with E-state index in [-0.39, 0.29) is 0 Å².